The Morgan fingerprint density at radius 3 is 2.85 bits per heavy atom. The smallest absolute Gasteiger partial charge is 0.0587 e. The highest BCUT2D eigenvalue weighted by Gasteiger charge is 2.19. The van der Waals surface area contributed by atoms with Crippen LogP contribution >= 0.6 is 11.6 Å². The second-order valence-electron chi connectivity index (χ2n) is 5.16. The van der Waals surface area contributed by atoms with E-state index in [1.54, 1.807) is 7.11 Å². The maximum absolute atomic E-state index is 9.62. The van der Waals surface area contributed by atoms with Crippen molar-refractivity contribution >= 4 is 17.3 Å². The minimum atomic E-state index is -0.159. The van der Waals surface area contributed by atoms with Crippen molar-refractivity contribution in [3.63, 3.8) is 0 Å². The average molecular weight is 299 g/mol. The fourth-order valence-corrected chi connectivity index (χ4v) is 2.65. The lowest BCUT2D eigenvalue weighted by molar-refractivity contribution is 0.145. The van der Waals surface area contributed by atoms with Crippen LogP contribution in [0.1, 0.15) is 18.4 Å². The predicted molar refractivity (Wildman–Crippen MR) is 82.5 cm³/mol. The molecule has 0 aromatic heterocycles. The van der Waals surface area contributed by atoms with E-state index in [0.29, 0.717) is 6.61 Å². The Morgan fingerprint density at radius 1 is 1.40 bits per heavy atom. The molecule has 0 spiro atoms. The summed E-state index contributed by atoms with van der Waals surface area (Å²) in [6, 6.07) is 6.02. The molecule has 0 unspecified atom stereocenters. The number of aliphatic hydroxyl groups is 1. The normalized spacial score (nSPS) is 16.6. The molecule has 0 aliphatic carbocycles. The third-order valence-electron chi connectivity index (χ3n) is 3.65. The molecule has 1 saturated heterocycles. The molecule has 4 nitrogen and oxygen atoms in total. The molecule has 0 radical (unpaired) electrons. The molecule has 1 fully saturated rings. The number of piperidine rings is 1. The SMILES string of the molecule is COCCNCc1ccc(Cl)cc1N1CCC(O)CC1. The van der Waals surface area contributed by atoms with Crippen molar-refractivity contribution in [2.45, 2.75) is 25.5 Å². The Hall–Kier alpha value is -0.810. The second kappa shape index (κ2) is 7.84. The maximum Gasteiger partial charge on any atom is 0.0587 e. The molecule has 5 heteroatoms. The summed E-state index contributed by atoms with van der Waals surface area (Å²) in [6.07, 6.45) is 1.49. The Morgan fingerprint density at radius 2 is 2.15 bits per heavy atom. The van der Waals surface area contributed by atoms with E-state index in [1.165, 1.54) is 11.3 Å². The molecule has 1 aliphatic rings. The highest BCUT2D eigenvalue weighted by molar-refractivity contribution is 6.30. The highest BCUT2D eigenvalue weighted by Crippen LogP contribution is 2.27. The van der Waals surface area contributed by atoms with E-state index >= 15 is 0 Å². The number of benzene rings is 1. The summed E-state index contributed by atoms with van der Waals surface area (Å²) in [5.74, 6) is 0. The summed E-state index contributed by atoms with van der Waals surface area (Å²) >= 11 is 6.13. The number of halogens is 1. The quantitative estimate of drug-likeness (QED) is 0.789. The molecule has 2 rings (SSSR count). The number of aliphatic hydroxyl groups excluding tert-OH is 1. The standard InChI is InChI=1S/C15H23ClN2O2/c1-20-9-6-17-11-12-2-3-13(16)10-15(12)18-7-4-14(19)5-8-18/h2-3,10,14,17,19H,4-9,11H2,1H3. The van der Waals surface area contributed by atoms with Crippen molar-refractivity contribution < 1.29 is 9.84 Å². The van der Waals surface area contributed by atoms with E-state index in [1.807, 2.05) is 12.1 Å². The van der Waals surface area contributed by atoms with Crippen molar-refractivity contribution in [3.8, 4) is 0 Å². The number of ether oxygens (including phenoxy) is 1. The van der Waals surface area contributed by atoms with Gasteiger partial charge >= 0.3 is 0 Å². The van der Waals surface area contributed by atoms with E-state index in [0.717, 1.165) is 44.0 Å². The van der Waals surface area contributed by atoms with Crippen LogP contribution in [0.5, 0.6) is 0 Å². The molecule has 112 valence electrons. The van der Waals surface area contributed by atoms with Crippen LogP contribution in [0.25, 0.3) is 0 Å². The van der Waals surface area contributed by atoms with Gasteiger partial charge < -0.3 is 20.1 Å². The molecule has 0 saturated carbocycles. The number of rotatable bonds is 6. The van der Waals surface area contributed by atoms with Crippen LogP contribution < -0.4 is 10.2 Å². The van der Waals surface area contributed by atoms with E-state index < -0.39 is 0 Å². The van der Waals surface area contributed by atoms with Gasteiger partial charge in [0.25, 0.3) is 0 Å². The first-order valence-electron chi connectivity index (χ1n) is 7.12. The topological polar surface area (TPSA) is 44.7 Å². The van der Waals surface area contributed by atoms with Gasteiger partial charge in [-0.2, -0.15) is 0 Å². The molecule has 1 heterocycles. The van der Waals surface area contributed by atoms with Gasteiger partial charge in [-0.1, -0.05) is 17.7 Å². The summed E-state index contributed by atoms with van der Waals surface area (Å²) < 4.78 is 5.04. The van der Waals surface area contributed by atoms with Gasteiger partial charge in [0.05, 0.1) is 12.7 Å². The summed E-state index contributed by atoms with van der Waals surface area (Å²) in [5, 5.41) is 13.7. The largest absolute Gasteiger partial charge is 0.393 e. The first kappa shape index (κ1) is 15.6. The molecule has 0 atom stereocenters. The molecular weight excluding hydrogens is 276 g/mol. The van der Waals surface area contributed by atoms with Crippen molar-refractivity contribution in [1.29, 1.82) is 0 Å². The third kappa shape index (κ3) is 4.35. The van der Waals surface area contributed by atoms with E-state index in [-0.39, 0.29) is 6.10 Å². The van der Waals surface area contributed by atoms with Crippen LogP contribution in [0.3, 0.4) is 0 Å². The lowest BCUT2D eigenvalue weighted by Crippen LogP contribution is -2.36. The molecule has 20 heavy (non-hydrogen) atoms. The molecule has 0 amide bonds. The van der Waals surface area contributed by atoms with E-state index in [2.05, 4.69) is 16.3 Å². The maximum atomic E-state index is 9.62. The predicted octanol–water partition coefficient (Wildman–Crippen LogP) is 2.04. The van der Waals surface area contributed by atoms with Gasteiger partial charge in [0, 0.05) is 44.0 Å². The van der Waals surface area contributed by atoms with Gasteiger partial charge in [0.2, 0.25) is 0 Å². The number of hydrogen-bond acceptors (Lipinski definition) is 4. The van der Waals surface area contributed by atoms with E-state index in [4.69, 9.17) is 16.3 Å². The lowest BCUT2D eigenvalue weighted by atomic mass is 10.0. The minimum Gasteiger partial charge on any atom is -0.393 e. The van der Waals surface area contributed by atoms with Gasteiger partial charge in [0.1, 0.15) is 0 Å². The monoisotopic (exact) mass is 298 g/mol. The summed E-state index contributed by atoms with van der Waals surface area (Å²) in [5.41, 5.74) is 2.41. The number of nitrogens with zero attached hydrogens (tertiary/aromatic N) is 1. The van der Waals surface area contributed by atoms with Crippen LogP contribution in [0, 0.1) is 0 Å². The second-order valence-corrected chi connectivity index (χ2v) is 5.60. The zero-order valence-corrected chi connectivity index (χ0v) is 12.7. The third-order valence-corrected chi connectivity index (χ3v) is 3.89. The number of hydrogen-bond donors (Lipinski definition) is 2. The zero-order valence-electron chi connectivity index (χ0n) is 11.9. The fraction of sp³-hybridized carbons (Fsp3) is 0.600. The highest BCUT2D eigenvalue weighted by atomic mass is 35.5. The minimum absolute atomic E-state index is 0.159. The number of anilines is 1. The summed E-state index contributed by atoms with van der Waals surface area (Å²) in [6.45, 7) is 4.10. The van der Waals surface area contributed by atoms with Crippen LogP contribution in [0.4, 0.5) is 5.69 Å². The van der Waals surface area contributed by atoms with Crippen molar-refractivity contribution in [3.05, 3.63) is 28.8 Å². The van der Waals surface area contributed by atoms with Gasteiger partial charge in [-0.25, -0.2) is 0 Å². The molecular formula is C15H23ClN2O2. The van der Waals surface area contributed by atoms with Gasteiger partial charge in [-0.3, -0.25) is 0 Å². The summed E-state index contributed by atoms with van der Waals surface area (Å²) in [4.78, 5) is 2.31. The Labute approximate surface area is 125 Å². The van der Waals surface area contributed by atoms with Crippen molar-refractivity contribution in [1.82, 2.24) is 5.32 Å². The lowest BCUT2D eigenvalue weighted by Gasteiger charge is -2.33. The Bertz CT molecular complexity index is 420. The van der Waals surface area contributed by atoms with Crippen LogP contribution in [-0.2, 0) is 11.3 Å². The van der Waals surface area contributed by atoms with Crippen molar-refractivity contribution in [2.24, 2.45) is 0 Å². The average Bonchev–Trinajstić information content (AvgIpc) is 2.46. The first-order chi connectivity index (χ1) is 9.70. The fourth-order valence-electron chi connectivity index (χ4n) is 2.48. The van der Waals surface area contributed by atoms with Crippen LogP contribution in [0.15, 0.2) is 18.2 Å². The Kier molecular flexibility index (Phi) is 6.10. The van der Waals surface area contributed by atoms with E-state index in [9.17, 15) is 5.11 Å². The van der Waals surface area contributed by atoms with Crippen molar-refractivity contribution in [2.75, 3.05) is 38.3 Å². The summed E-state index contributed by atoms with van der Waals surface area (Å²) in [7, 11) is 1.70. The number of methoxy groups -OCH3 is 1. The number of nitrogens with one attached hydrogen (secondary N) is 1. The van der Waals surface area contributed by atoms with Gasteiger partial charge in [-0.05, 0) is 30.5 Å². The van der Waals surface area contributed by atoms with Crippen LogP contribution in [0.2, 0.25) is 5.02 Å². The molecule has 1 aromatic carbocycles. The molecule has 1 aromatic rings. The van der Waals surface area contributed by atoms with Crippen LogP contribution in [-0.4, -0.2) is 44.6 Å². The van der Waals surface area contributed by atoms with Gasteiger partial charge in [0.15, 0.2) is 0 Å². The molecule has 2 N–H and O–H groups in total. The van der Waals surface area contributed by atoms with Gasteiger partial charge in [-0.15, -0.1) is 0 Å². The first-order valence-corrected chi connectivity index (χ1v) is 7.49. The Balaban J connectivity index is 2.03. The molecule has 0 bridgehead atoms. The molecule has 1 aliphatic heterocycles. The zero-order chi connectivity index (χ0) is 14.4.